The summed E-state index contributed by atoms with van der Waals surface area (Å²) in [4.78, 5) is 1.79. The molecule has 72 valence electrons. The number of likely N-dealkylation sites (N-methyl/N-ethyl adjacent to an activating group) is 1. The molecule has 1 saturated heterocycles. The van der Waals surface area contributed by atoms with Gasteiger partial charge < -0.3 is 15.3 Å². The van der Waals surface area contributed by atoms with E-state index in [1.54, 1.807) is 18.9 Å². The van der Waals surface area contributed by atoms with Gasteiger partial charge in [0.05, 0.1) is 24.9 Å². The van der Waals surface area contributed by atoms with Crippen LogP contribution in [0.1, 0.15) is 6.92 Å². The molecule has 0 aromatic carbocycles. The first-order valence-electron chi connectivity index (χ1n) is 4.25. The SMILES string of the molecule is CC1C(O)CN(C)C(CO)C1O. The first kappa shape index (κ1) is 9.92. The zero-order chi connectivity index (χ0) is 9.30. The normalized spacial score (nSPS) is 44.8. The van der Waals surface area contributed by atoms with Gasteiger partial charge in [-0.05, 0) is 7.05 Å². The van der Waals surface area contributed by atoms with Crippen molar-refractivity contribution in [3.63, 3.8) is 0 Å². The predicted octanol–water partition coefficient (Wildman–Crippen LogP) is -1.35. The lowest BCUT2D eigenvalue weighted by molar-refractivity contribution is -0.0932. The summed E-state index contributed by atoms with van der Waals surface area (Å²) in [5.41, 5.74) is 0. The van der Waals surface area contributed by atoms with E-state index in [0.717, 1.165) is 0 Å². The van der Waals surface area contributed by atoms with E-state index in [9.17, 15) is 10.2 Å². The quantitative estimate of drug-likeness (QED) is 0.461. The summed E-state index contributed by atoms with van der Waals surface area (Å²) in [5, 5.41) is 28.0. The van der Waals surface area contributed by atoms with Gasteiger partial charge in [0.25, 0.3) is 0 Å². The minimum atomic E-state index is -0.635. The van der Waals surface area contributed by atoms with E-state index in [1.165, 1.54) is 0 Å². The molecular formula is C8H17NO3. The van der Waals surface area contributed by atoms with Gasteiger partial charge in [0.15, 0.2) is 0 Å². The fourth-order valence-electron chi connectivity index (χ4n) is 1.68. The average Bonchev–Trinajstić information content (AvgIpc) is 2.01. The third kappa shape index (κ3) is 1.61. The van der Waals surface area contributed by atoms with Crippen molar-refractivity contribution < 1.29 is 15.3 Å². The number of nitrogens with zero attached hydrogens (tertiary/aromatic N) is 1. The molecule has 0 saturated carbocycles. The van der Waals surface area contributed by atoms with Crippen LogP contribution < -0.4 is 0 Å². The summed E-state index contributed by atoms with van der Waals surface area (Å²) < 4.78 is 0. The van der Waals surface area contributed by atoms with Gasteiger partial charge in [-0.3, -0.25) is 4.90 Å². The van der Waals surface area contributed by atoms with Gasteiger partial charge in [-0.15, -0.1) is 0 Å². The largest absolute Gasteiger partial charge is 0.395 e. The van der Waals surface area contributed by atoms with Crippen molar-refractivity contribution in [1.82, 2.24) is 4.90 Å². The fraction of sp³-hybridized carbons (Fsp3) is 1.00. The molecule has 0 aliphatic carbocycles. The molecule has 1 aliphatic heterocycles. The van der Waals surface area contributed by atoms with Crippen LogP contribution in [0.5, 0.6) is 0 Å². The Kier molecular flexibility index (Phi) is 3.06. The average molecular weight is 175 g/mol. The van der Waals surface area contributed by atoms with Gasteiger partial charge in [0.2, 0.25) is 0 Å². The third-order valence-electron chi connectivity index (χ3n) is 2.77. The van der Waals surface area contributed by atoms with Crippen LogP contribution in [0.15, 0.2) is 0 Å². The number of hydrogen-bond donors (Lipinski definition) is 3. The molecule has 4 heteroatoms. The molecule has 4 unspecified atom stereocenters. The van der Waals surface area contributed by atoms with E-state index < -0.39 is 12.2 Å². The highest BCUT2D eigenvalue weighted by Crippen LogP contribution is 2.21. The lowest BCUT2D eigenvalue weighted by atomic mass is 9.88. The van der Waals surface area contributed by atoms with E-state index in [0.29, 0.717) is 6.54 Å². The first-order chi connectivity index (χ1) is 5.57. The van der Waals surface area contributed by atoms with Gasteiger partial charge in [-0.25, -0.2) is 0 Å². The molecule has 0 amide bonds. The summed E-state index contributed by atoms with van der Waals surface area (Å²) in [6.07, 6.45) is -1.13. The molecule has 0 aromatic rings. The minimum absolute atomic E-state index is 0.0608. The monoisotopic (exact) mass is 175 g/mol. The second kappa shape index (κ2) is 3.70. The van der Waals surface area contributed by atoms with E-state index >= 15 is 0 Å². The third-order valence-corrected chi connectivity index (χ3v) is 2.77. The highest BCUT2D eigenvalue weighted by Gasteiger charge is 2.37. The second-order valence-electron chi connectivity index (χ2n) is 3.61. The molecule has 0 aromatic heterocycles. The fourth-order valence-corrected chi connectivity index (χ4v) is 1.68. The van der Waals surface area contributed by atoms with Gasteiger partial charge in [-0.1, -0.05) is 6.92 Å². The Bertz CT molecular complexity index is 153. The molecule has 0 spiro atoms. The highest BCUT2D eigenvalue weighted by molar-refractivity contribution is 4.90. The van der Waals surface area contributed by atoms with E-state index in [-0.39, 0.29) is 18.6 Å². The number of aliphatic hydroxyl groups is 3. The van der Waals surface area contributed by atoms with Crippen LogP contribution >= 0.6 is 0 Å². The zero-order valence-corrected chi connectivity index (χ0v) is 7.51. The number of likely N-dealkylation sites (tertiary alicyclic amines) is 1. The number of piperidine rings is 1. The molecule has 1 rings (SSSR count). The molecule has 0 radical (unpaired) electrons. The maximum Gasteiger partial charge on any atom is 0.0768 e. The zero-order valence-electron chi connectivity index (χ0n) is 7.51. The van der Waals surface area contributed by atoms with Crippen LogP contribution in [0.25, 0.3) is 0 Å². The van der Waals surface area contributed by atoms with Crippen LogP contribution in [0, 0.1) is 5.92 Å². The van der Waals surface area contributed by atoms with Crippen molar-refractivity contribution >= 4 is 0 Å². The summed E-state index contributed by atoms with van der Waals surface area (Å²) in [6, 6.07) is -0.233. The van der Waals surface area contributed by atoms with Gasteiger partial charge in [0, 0.05) is 12.5 Å². The molecule has 1 aliphatic rings. The Morgan fingerprint density at radius 1 is 1.42 bits per heavy atom. The summed E-state index contributed by atoms with van der Waals surface area (Å²) >= 11 is 0. The first-order valence-corrected chi connectivity index (χ1v) is 4.25. The van der Waals surface area contributed by atoms with Crippen LogP contribution in [0.2, 0.25) is 0 Å². The topological polar surface area (TPSA) is 63.9 Å². The molecule has 4 nitrogen and oxygen atoms in total. The van der Waals surface area contributed by atoms with Crippen molar-refractivity contribution in [2.75, 3.05) is 20.2 Å². The van der Waals surface area contributed by atoms with Gasteiger partial charge in [-0.2, -0.15) is 0 Å². The standard InChI is InChI=1S/C8H17NO3/c1-5-7(11)3-9(2)6(4-10)8(5)12/h5-8,10-12H,3-4H2,1-2H3. The summed E-state index contributed by atoms with van der Waals surface area (Å²) in [6.45, 7) is 2.25. The van der Waals surface area contributed by atoms with Crippen LogP contribution in [0.3, 0.4) is 0 Å². The lowest BCUT2D eigenvalue weighted by Crippen LogP contribution is -2.57. The van der Waals surface area contributed by atoms with E-state index in [4.69, 9.17) is 5.11 Å². The van der Waals surface area contributed by atoms with Crippen molar-refractivity contribution in [3.05, 3.63) is 0 Å². The maximum absolute atomic E-state index is 9.62. The smallest absolute Gasteiger partial charge is 0.0768 e. The Labute approximate surface area is 72.4 Å². The molecule has 1 heterocycles. The maximum atomic E-state index is 9.62. The number of rotatable bonds is 1. The predicted molar refractivity (Wildman–Crippen MR) is 44.7 cm³/mol. The molecule has 1 fully saturated rings. The summed E-state index contributed by atoms with van der Waals surface area (Å²) in [7, 11) is 1.79. The Hall–Kier alpha value is -0.160. The van der Waals surface area contributed by atoms with Gasteiger partial charge >= 0.3 is 0 Å². The van der Waals surface area contributed by atoms with Crippen molar-refractivity contribution in [2.24, 2.45) is 5.92 Å². The molecule has 3 N–H and O–H groups in total. The van der Waals surface area contributed by atoms with Crippen molar-refractivity contribution in [1.29, 1.82) is 0 Å². The Morgan fingerprint density at radius 2 is 2.00 bits per heavy atom. The van der Waals surface area contributed by atoms with Crippen molar-refractivity contribution in [2.45, 2.75) is 25.2 Å². The van der Waals surface area contributed by atoms with Gasteiger partial charge in [0.1, 0.15) is 0 Å². The van der Waals surface area contributed by atoms with E-state index in [2.05, 4.69) is 0 Å². The van der Waals surface area contributed by atoms with Crippen LogP contribution in [-0.2, 0) is 0 Å². The molecular weight excluding hydrogens is 158 g/mol. The number of β-amino-alcohol motifs (C(OH)–C–C–N with tert-alkyl or cyclic N) is 1. The van der Waals surface area contributed by atoms with E-state index in [1.807, 2.05) is 0 Å². The Morgan fingerprint density at radius 3 is 2.50 bits per heavy atom. The Balaban J connectivity index is 2.65. The highest BCUT2D eigenvalue weighted by atomic mass is 16.3. The molecule has 12 heavy (non-hydrogen) atoms. The molecule has 4 atom stereocenters. The second-order valence-corrected chi connectivity index (χ2v) is 3.61. The van der Waals surface area contributed by atoms with Crippen LogP contribution in [0.4, 0.5) is 0 Å². The lowest BCUT2D eigenvalue weighted by Gasteiger charge is -2.42. The van der Waals surface area contributed by atoms with Crippen molar-refractivity contribution in [3.8, 4) is 0 Å². The summed E-state index contributed by atoms with van der Waals surface area (Å²) in [5.74, 6) is -0.154. The minimum Gasteiger partial charge on any atom is -0.395 e. The number of aliphatic hydroxyl groups excluding tert-OH is 3. The van der Waals surface area contributed by atoms with Crippen LogP contribution in [-0.4, -0.2) is 58.7 Å². The molecule has 0 bridgehead atoms. The number of hydrogen-bond acceptors (Lipinski definition) is 4.